The van der Waals surface area contributed by atoms with E-state index in [4.69, 9.17) is 0 Å². The Labute approximate surface area is 137 Å². The SMILES string of the molecule is O=C(NC1CCNC1)C1CCCN1C(=O)c1ccc([N+](=O)[O-])s1. The number of nitro groups is 1. The highest BCUT2D eigenvalue weighted by atomic mass is 32.1. The van der Waals surface area contributed by atoms with Crippen molar-refractivity contribution in [3.05, 3.63) is 27.1 Å². The molecule has 3 rings (SSSR count). The zero-order valence-electron chi connectivity index (χ0n) is 12.5. The van der Waals surface area contributed by atoms with Crippen molar-refractivity contribution in [1.82, 2.24) is 15.5 Å². The highest BCUT2D eigenvalue weighted by Gasteiger charge is 2.36. The predicted molar refractivity (Wildman–Crippen MR) is 84.4 cm³/mol. The Morgan fingerprint density at radius 2 is 2.22 bits per heavy atom. The number of likely N-dealkylation sites (tertiary alicyclic amines) is 1. The van der Waals surface area contributed by atoms with Gasteiger partial charge in [-0.05, 0) is 31.9 Å². The van der Waals surface area contributed by atoms with E-state index in [0.29, 0.717) is 17.8 Å². The summed E-state index contributed by atoms with van der Waals surface area (Å²) in [5, 5.41) is 16.8. The largest absolute Gasteiger partial charge is 0.350 e. The van der Waals surface area contributed by atoms with Crippen molar-refractivity contribution < 1.29 is 14.5 Å². The van der Waals surface area contributed by atoms with E-state index in [1.54, 1.807) is 0 Å². The van der Waals surface area contributed by atoms with E-state index in [1.807, 2.05) is 0 Å². The molecule has 1 aromatic heterocycles. The van der Waals surface area contributed by atoms with Crippen molar-refractivity contribution in [2.75, 3.05) is 19.6 Å². The Balaban J connectivity index is 1.68. The van der Waals surface area contributed by atoms with Crippen LogP contribution in [0.5, 0.6) is 0 Å². The molecule has 0 spiro atoms. The maximum atomic E-state index is 12.6. The normalized spacial score (nSPS) is 23.9. The highest BCUT2D eigenvalue weighted by molar-refractivity contribution is 7.17. The van der Waals surface area contributed by atoms with Gasteiger partial charge in [-0.15, -0.1) is 0 Å². The van der Waals surface area contributed by atoms with Crippen LogP contribution in [0.3, 0.4) is 0 Å². The third-order valence-corrected chi connectivity index (χ3v) is 5.23. The van der Waals surface area contributed by atoms with Crippen LogP contribution in [0.1, 0.15) is 28.9 Å². The summed E-state index contributed by atoms with van der Waals surface area (Å²) in [6, 6.07) is 2.42. The van der Waals surface area contributed by atoms with E-state index >= 15 is 0 Å². The van der Waals surface area contributed by atoms with Crippen LogP contribution in [0.4, 0.5) is 5.00 Å². The molecule has 2 atom stereocenters. The van der Waals surface area contributed by atoms with Crippen LogP contribution in [0.15, 0.2) is 12.1 Å². The zero-order valence-corrected chi connectivity index (χ0v) is 13.3. The van der Waals surface area contributed by atoms with Gasteiger partial charge in [0.1, 0.15) is 6.04 Å². The van der Waals surface area contributed by atoms with E-state index < -0.39 is 11.0 Å². The summed E-state index contributed by atoms with van der Waals surface area (Å²) in [4.78, 5) is 37.1. The van der Waals surface area contributed by atoms with E-state index in [0.717, 1.165) is 37.3 Å². The van der Waals surface area contributed by atoms with Crippen molar-refractivity contribution in [1.29, 1.82) is 0 Å². The molecule has 0 radical (unpaired) electrons. The molecule has 0 aromatic carbocycles. The van der Waals surface area contributed by atoms with E-state index in [9.17, 15) is 19.7 Å². The number of carbonyl (C=O) groups is 2. The van der Waals surface area contributed by atoms with E-state index in [1.165, 1.54) is 17.0 Å². The number of nitrogens with one attached hydrogen (secondary N) is 2. The number of hydrogen-bond donors (Lipinski definition) is 2. The van der Waals surface area contributed by atoms with Crippen molar-refractivity contribution in [2.45, 2.75) is 31.3 Å². The van der Waals surface area contributed by atoms with E-state index in [-0.39, 0.29) is 22.9 Å². The second-order valence-corrected chi connectivity index (χ2v) is 6.81. The topological polar surface area (TPSA) is 105 Å². The van der Waals surface area contributed by atoms with Gasteiger partial charge in [-0.1, -0.05) is 11.3 Å². The smallest absolute Gasteiger partial charge is 0.324 e. The molecule has 2 amide bonds. The van der Waals surface area contributed by atoms with E-state index in [2.05, 4.69) is 10.6 Å². The van der Waals surface area contributed by atoms with Gasteiger partial charge >= 0.3 is 5.00 Å². The van der Waals surface area contributed by atoms with Crippen LogP contribution >= 0.6 is 11.3 Å². The van der Waals surface area contributed by atoms with Crippen LogP contribution in [0, 0.1) is 10.1 Å². The summed E-state index contributed by atoms with van der Waals surface area (Å²) in [5.74, 6) is -0.430. The minimum absolute atomic E-state index is 0.0643. The van der Waals surface area contributed by atoms with Gasteiger partial charge in [0.25, 0.3) is 5.91 Å². The number of carbonyl (C=O) groups excluding carboxylic acids is 2. The predicted octanol–water partition coefficient (Wildman–Crippen LogP) is 0.739. The van der Waals surface area contributed by atoms with Crippen molar-refractivity contribution in [3.8, 4) is 0 Å². The van der Waals surface area contributed by atoms with Gasteiger partial charge in [-0.3, -0.25) is 19.7 Å². The van der Waals surface area contributed by atoms with Gasteiger partial charge in [-0.2, -0.15) is 0 Å². The Hall–Kier alpha value is -2.00. The van der Waals surface area contributed by atoms with Gasteiger partial charge in [0.05, 0.1) is 9.80 Å². The van der Waals surface area contributed by atoms with Crippen molar-refractivity contribution in [3.63, 3.8) is 0 Å². The second-order valence-electron chi connectivity index (χ2n) is 5.75. The summed E-state index contributed by atoms with van der Waals surface area (Å²) in [6.45, 7) is 2.15. The number of hydrogen-bond acceptors (Lipinski definition) is 6. The zero-order chi connectivity index (χ0) is 16.4. The van der Waals surface area contributed by atoms with Crippen LogP contribution in [0.2, 0.25) is 0 Å². The average Bonchev–Trinajstić information content (AvgIpc) is 3.26. The molecule has 23 heavy (non-hydrogen) atoms. The molecule has 2 saturated heterocycles. The summed E-state index contributed by atoms with van der Waals surface area (Å²) in [5.41, 5.74) is 0. The Morgan fingerprint density at radius 1 is 1.39 bits per heavy atom. The summed E-state index contributed by atoms with van der Waals surface area (Å²) >= 11 is 0.851. The van der Waals surface area contributed by atoms with Gasteiger partial charge in [-0.25, -0.2) is 0 Å². The molecular formula is C14H18N4O4S. The first kappa shape index (κ1) is 15.9. The first-order valence-electron chi connectivity index (χ1n) is 7.62. The third kappa shape index (κ3) is 3.35. The number of thiophene rings is 1. The van der Waals surface area contributed by atoms with Gasteiger partial charge in [0.15, 0.2) is 0 Å². The minimum Gasteiger partial charge on any atom is -0.350 e. The summed E-state index contributed by atoms with van der Waals surface area (Å²) < 4.78 is 0. The molecule has 8 nitrogen and oxygen atoms in total. The number of amides is 2. The first-order chi connectivity index (χ1) is 11.1. The van der Waals surface area contributed by atoms with Crippen LogP contribution in [-0.2, 0) is 4.79 Å². The van der Waals surface area contributed by atoms with Crippen LogP contribution in [0.25, 0.3) is 0 Å². The fraction of sp³-hybridized carbons (Fsp3) is 0.571. The minimum atomic E-state index is -0.511. The molecule has 2 fully saturated rings. The molecule has 1 aromatic rings. The molecule has 2 aliphatic rings. The lowest BCUT2D eigenvalue weighted by Gasteiger charge is -2.24. The lowest BCUT2D eigenvalue weighted by Crippen LogP contribution is -2.49. The van der Waals surface area contributed by atoms with Crippen molar-refractivity contribution >= 4 is 28.2 Å². The number of nitrogens with zero attached hydrogens (tertiary/aromatic N) is 2. The average molecular weight is 338 g/mol. The molecule has 0 saturated carbocycles. The van der Waals surface area contributed by atoms with Crippen LogP contribution < -0.4 is 10.6 Å². The number of rotatable bonds is 4. The standard InChI is InChI=1S/C14H18N4O4S/c19-13(16-9-5-6-15-8-9)10-2-1-7-17(10)14(20)11-3-4-12(23-11)18(21)22/h3-4,9-10,15H,1-2,5-8H2,(H,16,19). The fourth-order valence-corrected chi connectivity index (χ4v) is 3.82. The quantitative estimate of drug-likeness (QED) is 0.622. The molecule has 0 aliphatic carbocycles. The van der Waals surface area contributed by atoms with Gasteiger partial charge < -0.3 is 15.5 Å². The molecule has 2 aliphatic heterocycles. The van der Waals surface area contributed by atoms with Crippen LogP contribution in [-0.4, -0.2) is 53.4 Å². The molecule has 2 N–H and O–H groups in total. The molecule has 3 heterocycles. The second kappa shape index (κ2) is 6.63. The fourth-order valence-electron chi connectivity index (χ4n) is 3.04. The maximum Gasteiger partial charge on any atom is 0.324 e. The molecule has 2 unspecified atom stereocenters. The molecule has 124 valence electrons. The van der Waals surface area contributed by atoms with Gasteiger partial charge in [0.2, 0.25) is 5.91 Å². The highest BCUT2D eigenvalue weighted by Crippen LogP contribution is 2.28. The summed E-state index contributed by atoms with van der Waals surface area (Å²) in [7, 11) is 0. The third-order valence-electron chi connectivity index (χ3n) is 4.21. The lowest BCUT2D eigenvalue weighted by atomic mass is 10.1. The van der Waals surface area contributed by atoms with Crippen molar-refractivity contribution in [2.24, 2.45) is 0 Å². The molecule has 0 bridgehead atoms. The first-order valence-corrected chi connectivity index (χ1v) is 8.44. The molecule has 9 heteroatoms. The Kier molecular flexibility index (Phi) is 4.58. The Morgan fingerprint density at radius 3 is 2.87 bits per heavy atom. The summed E-state index contributed by atoms with van der Waals surface area (Å²) in [6.07, 6.45) is 2.29. The lowest BCUT2D eigenvalue weighted by molar-refractivity contribution is -0.380. The Bertz CT molecular complexity index is 626. The maximum absolute atomic E-state index is 12.6. The monoisotopic (exact) mass is 338 g/mol. The van der Waals surface area contributed by atoms with Gasteiger partial charge in [0, 0.05) is 25.2 Å². The molecular weight excluding hydrogens is 320 g/mol.